The zero-order chi connectivity index (χ0) is 21.3. The molecule has 9 heteroatoms. The first-order valence-corrected chi connectivity index (χ1v) is 9.79. The first-order chi connectivity index (χ1) is 13.7. The fourth-order valence-corrected chi connectivity index (χ4v) is 4.15. The molecule has 0 unspecified atom stereocenters. The van der Waals surface area contributed by atoms with Crippen LogP contribution in [0, 0.1) is 13.8 Å². The van der Waals surface area contributed by atoms with Crippen molar-refractivity contribution in [2.24, 2.45) is 0 Å². The molecule has 0 aliphatic carbocycles. The Kier molecular flexibility index (Phi) is 5.90. The number of furan rings is 1. The molecule has 150 valence electrons. The molecule has 1 amide bonds. The maximum absolute atomic E-state index is 12.7. The second-order valence-corrected chi connectivity index (χ2v) is 8.18. The van der Waals surface area contributed by atoms with Gasteiger partial charge in [-0.2, -0.15) is 0 Å². The Morgan fingerprint density at radius 1 is 1.21 bits per heavy atom. The first kappa shape index (κ1) is 20.8. The lowest BCUT2D eigenvalue weighted by atomic mass is 10.1. The number of aryl methyl sites for hydroxylation is 2. The lowest BCUT2D eigenvalue weighted by Crippen LogP contribution is -2.45. The molecule has 0 bridgehead atoms. The van der Waals surface area contributed by atoms with Crippen LogP contribution in [0.25, 0.3) is 17.4 Å². The van der Waals surface area contributed by atoms with Crippen molar-refractivity contribution in [1.82, 2.24) is 4.90 Å². The number of amides is 1. The summed E-state index contributed by atoms with van der Waals surface area (Å²) in [5.41, 5.74) is 3.19. The van der Waals surface area contributed by atoms with Crippen molar-refractivity contribution in [3.63, 3.8) is 0 Å². The van der Waals surface area contributed by atoms with Crippen molar-refractivity contribution < 1.29 is 29.0 Å². The number of hydrogen-bond acceptors (Lipinski definition) is 6. The van der Waals surface area contributed by atoms with Gasteiger partial charge in [-0.1, -0.05) is 36.1 Å². The third-order valence-electron chi connectivity index (χ3n) is 4.48. The largest absolute Gasteiger partial charge is 0.481 e. The van der Waals surface area contributed by atoms with Crippen LogP contribution in [0.5, 0.6) is 0 Å². The molecule has 0 spiro atoms. The molecular weight excluding hydrogens is 414 g/mol. The number of benzene rings is 1. The summed E-state index contributed by atoms with van der Waals surface area (Å²) < 4.78 is 5.80. The van der Waals surface area contributed by atoms with Gasteiger partial charge in [0.1, 0.15) is 21.9 Å². The van der Waals surface area contributed by atoms with Gasteiger partial charge < -0.3 is 14.6 Å². The van der Waals surface area contributed by atoms with Gasteiger partial charge in [-0.3, -0.25) is 14.5 Å². The Bertz CT molecular complexity index is 1050. The van der Waals surface area contributed by atoms with Crippen molar-refractivity contribution in [2.75, 3.05) is 0 Å². The third kappa shape index (κ3) is 4.41. The van der Waals surface area contributed by atoms with Crippen molar-refractivity contribution >= 4 is 52.2 Å². The Hall–Kier alpha value is -2.91. The van der Waals surface area contributed by atoms with E-state index in [0.29, 0.717) is 11.5 Å². The van der Waals surface area contributed by atoms with Gasteiger partial charge in [0.15, 0.2) is 0 Å². The van der Waals surface area contributed by atoms with Crippen LogP contribution in [-0.2, 0) is 14.4 Å². The van der Waals surface area contributed by atoms with E-state index in [1.165, 1.54) is 11.6 Å². The number of thiocarbonyl (C=S) groups is 1. The molecule has 1 aromatic heterocycles. The SMILES string of the molecule is Cc1ccc(-c2ccc(/C=C3\SC(=S)N([C@@H](CC(=O)O)C(=O)O)C3=O)o2)cc1C. The summed E-state index contributed by atoms with van der Waals surface area (Å²) in [6.45, 7) is 4.02. The maximum Gasteiger partial charge on any atom is 0.327 e. The van der Waals surface area contributed by atoms with Gasteiger partial charge in [-0.25, -0.2) is 4.79 Å². The fourth-order valence-electron chi connectivity index (χ4n) is 2.81. The van der Waals surface area contributed by atoms with Gasteiger partial charge >= 0.3 is 11.9 Å². The highest BCUT2D eigenvalue weighted by Crippen LogP contribution is 2.35. The number of hydrogen-bond donors (Lipinski definition) is 2. The zero-order valence-corrected chi connectivity index (χ0v) is 17.2. The van der Waals surface area contributed by atoms with E-state index in [0.717, 1.165) is 27.8 Å². The topological polar surface area (TPSA) is 108 Å². The smallest absolute Gasteiger partial charge is 0.327 e. The van der Waals surface area contributed by atoms with Crippen molar-refractivity contribution in [1.29, 1.82) is 0 Å². The minimum Gasteiger partial charge on any atom is -0.481 e. The Labute approximate surface area is 176 Å². The van der Waals surface area contributed by atoms with E-state index >= 15 is 0 Å². The van der Waals surface area contributed by atoms with Crippen LogP contribution in [0.15, 0.2) is 39.7 Å². The number of nitrogens with zero attached hydrogens (tertiary/aromatic N) is 1. The summed E-state index contributed by atoms with van der Waals surface area (Å²) >= 11 is 6.02. The molecule has 0 saturated carbocycles. The summed E-state index contributed by atoms with van der Waals surface area (Å²) in [5, 5.41) is 18.2. The number of carboxylic acid groups (broad SMARTS) is 2. The third-order valence-corrected chi connectivity index (χ3v) is 5.81. The van der Waals surface area contributed by atoms with Crippen molar-refractivity contribution in [3.8, 4) is 11.3 Å². The first-order valence-electron chi connectivity index (χ1n) is 8.56. The standard InChI is InChI=1S/C20H17NO6S2/c1-10-3-4-12(7-11(10)2)15-6-5-13(27-15)8-16-18(24)21(20(28)29-16)14(19(25)26)9-17(22)23/h3-8,14H,9H2,1-2H3,(H,22,23)(H,25,26)/b16-8-/t14-/m0/s1. The van der Waals surface area contributed by atoms with E-state index in [-0.39, 0.29) is 9.23 Å². The van der Waals surface area contributed by atoms with E-state index in [1.807, 2.05) is 32.0 Å². The molecule has 1 fully saturated rings. The van der Waals surface area contributed by atoms with Crippen molar-refractivity contribution in [2.45, 2.75) is 26.3 Å². The summed E-state index contributed by atoms with van der Waals surface area (Å²) in [6, 6.07) is 7.85. The molecule has 1 atom stereocenters. The average Bonchev–Trinajstić information content (AvgIpc) is 3.20. The molecule has 29 heavy (non-hydrogen) atoms. The predicted molar refractivity (Wildman–Crippen MR) is 112 cm³/mol. The lowest BCUT2D eigenvalue weighted by Gasteiger charge is -2.21. The zero-order valence-electron chi connectivity index (χ0n) is 15.5. The molecule has 1 aliphatic rings. The highest BCUT2D eigenvalue weighted by molar-refractivity contribution is 8.26. The normalized spacial score (nSPS) is 16.5. The van der Waals surface area contributed by atoms with E-state index in [9.17, 15) is 19.5 Å². The number of carboxylic acids is 2. The fraction of sp³-hybridized carbons (Fsp3) is 0.200. The molecule has 7 nitrogen and oxygen atoms in total. The van der Waals surface area contributed by atoms with Gasteiger partial charge in [0.05, 0.1) is 11.3 Å². The quantitative estimate of drug-likeness (QED) is 0.527. The predicted octanol–water partition coefficient (Wildman–Crippen LogP) is 3.69. The molecule has 2 N–H and O–H groups in total. The maximum atomic E-state index is 12.7. The second kappa shape index (κ2) is 8.22. The van der Waals surface area contributed by atoms with Crippen LogP contribution in [0.1, 0.15) is 23.3 Å². The summed E-state index contributed by atoms with van der Waals surface area (Å²) in [5.74, 6) is -2.38. The van der Waals surface area contributed by atoms with Gasteiger partial charge in [0, 0.05) is 11.6 Å². The Morgan fingerprint density at radius 2 is 1.93 bits per heavy atom. The van der Waals surface area contributed by atoms with Crippen molar-refractivity contribution in [3.05, 3.63) is 52.1 Å². The molecule has 3 rings (SSSR count). The van der Waals surface area contributed by atoms with Crippen LogP contribution < -0.4 is 0 Å². The number of carbonyl (C=O) groups is 3. The highest BCUT2D eigenvalue weighted by Gasteiger charge is 2.41. The molecule has 1 saturated heterocycles. The van der Waals surface area contributed by atoms with Crippen LogP contribution in [-0.4, -0.2) is 43.3 Å². The van der Waals surface area contributed by atoms with E-state index < -0.39 is 30.3 Å². The number of carbonyl (C=O) groups excluding carboxylic acids is 1. The molecule has 1 aromatic carbocycles. The van der Waals surface area contributed by atoms with Crippen LogP contribution in [0.3, 0.4) is 0 Å². The molecule has 2 heterocycles. The Balaban J connectivity index is 1.86. The van der Waals surface area contributed by atoms with Gasteiger partial charge in [0.25, 0.3) is 5.91 Å². The van der Waals surface area contributed by atoms with Crippen LogP contribution >= 0.6 is 24.0 Å². The van der Waals surface area contributed by atoms with Gasteiger partial charge in [0.2, 0.25) is 0 Å². The minimum absolute atomic E-state index is 0.00385. The summed E-state index contributed by atoms with van der Waals surface area (Å²) in [6.07, 6.45) is 0.732. The van der Waals surface area contributed by atoms with Crippen LogP contribution in [0.2, 0.25) is 0 Å². The molecule has 0 radical (unpaired) electrons. The lowest BCUT2D eigenvalue weighted by molar-refractivity contribution is -0.150. The van der Waals surface area contributed by atoms with Crippen LogP contribution in [0.4, 0.5) is 0 Å². The summed E-state index contributed by atoms with van der Waals surface area (Å²) in [7, 11) is 0. The Morgan fingerprint density at radius 3 is 2.55 bits per heavy atom. The minimum atomic E-state index is -1.56. The summed E-state index contributed by atoms with van der Waals surface area (Å²) in [4.78, 5) is 36.0. The van der Waals surface area contributed by atoms with Gasteiger partial charge in [-0.05, 0) is 43.2 Å². The average molecular weight is 431 g/mol. The molecular formula is C20H17NO6S2. The number of thioether (sulfide) groups is 1. The van der Waals surface area contributed by atoms with E-state index in [1.54, 1.807) is 12.1 Å². The van der Waals surface area contributed by atoms with E-state index in [2.05, 4.69) is 0 Å². The second-order valence-electron chi connectivity index (χ2n) is 6.50. The number of rotatable bonds is 6. The molecule has 1 aliphatic heterocycles. The number of aliphatic carboxylic acids is 2. The van der Waals surface area contributed by atoms with E-state index in [4.69, 9.17) is 21.7 Å². The highest BCUT2D eigenvalue weighted by atomic mass is 32.2. The van der Waals surface area contributed by atoms with Gasteiger partial charge in [-0.15, -0.1) is 0 Å². The monoisotopic (exact) mass is 431 g/mol. The molecule has 2 aromatic rings.